The van der Waals surface area contributed by atoms with E-state index in [4.69, 9.17) is 4.42 Å². The minimum absolute atomic E-state index is 0.0755. The number of aromatic nitrogens is 1. The van der Waals surface area contributed by atoms with Gasteiger partial charge in [0.2, 0.25) is 11.7 Å². The van der Waals surface area contributed by atoms with Crippen molar-refractivity contribution in [2.24, 2.45) is 0 Å². The highest BCUT2D eigenvalue weighted by molar-refractivity contribution is 5.86. The van der Waals surface area contributed by atoms with Crippen molar-refractivity contribution >= 4 is 5.97 Å². The van der Waals surface area contributed by atoms with Gasteiger partial charge in [0.1, 0.15) is 5.69 Å². The van der Waals surface area contributed by atoms with E-state index >= 15 is 0 Å². The average Bonchev–Trinajstić information content (AvgIpc) is 2.77. The average molecular weight is 273 g/mol. The largest absolute Gasteiger partial charge is 0.475 e. The molecule has 2 rings (SSSR count). The molecule has 0 saturated heterocycles. The van der Waals surface area contributed by atoms with Crippen molar-refractivity contribution in [1.82, 2.24) is 4.98 Å². The number of carboxylic acids is 1. The number of hydrogen-bond acceptors (Lipinski definition) is 3. The molecule has 0 bridgehead atoms. The molecule has 0 amide bonds. The van der Waals surface area contributed by atoms with Crippen LogP contribution in [0.1, 0.15) is 48.1 Å². The number of aromatic carboxylic acids is 1. The van der Waals surface area contributed by atoms with Crippen LogP contribution in [0, 0.1) is 13.8 Å². The third kappa shape index (κ3) is 2.59. The molecule has 0 aliphatic heterocycles. The van der Waals surface area contributed by atoms with Gasteiger partial charge in [-0.2, -0.15) is 0 Å². The van der Waals surface area contributed by atoms with Gasteiger partial charge in [0.05, 0.1) is 0 Å². The van der Waals surface area contributed by atoms with Gasteiger partial charge in [-0.15, -0.1) is 0 Å². The number of carboxylic acid groups (broad SMARTS) is 1. The molecule has 0 atom stereocenters. The third-order valence-corrected chi connectivity index (χ3v) is 3.16. The van der Waals surface area contributed by atoms with E-state index in [-0.39, 0.29) is 11.2 Å². The normalized spacial score (nSPS) is 11.7. The number of aryl methyl sites for hydroxylation is 2. The van der Waals surface area contributed by atoms with E-state index in [2.05, 4.69) is 4.98 Å². The quantitative estimate of drug-likeness (QED) is 0.899. The summed E-state index contributed by atoms with van der Waals surface area (Å²) in [6.07, 6.45) is 0. The van der Waals surface area contributed by atoms with Crippen molar-refractivity contribution in [3.63, 3.8) is 0 Å². The molecule has 0 aliphatic rings. The Balaban J connectivity index is 2.65. The smallest absolute Gasteiger partial charge is 0.373 e. The number of rotatable bonds is 2. The summed E-state index contributed by atoms with van der Waals surface area (Å²) in [6.45, 7) is 9.70. The van der Waals surface area contributed by atoms with Crippen LogP contribution >= 0.6 is 0 Å². The van der Waals surface area contributed by atoms with E-state index in [1.807, 2.05) is 52.8 Å². The summed E-state index contributed by atoms with van der Waals surface area (Å²) in [4.78, 5) is 15.8. The number of nitrogens with zero attached hydrogens (tertiary/aromatic N) is 1. The fraction of sp³-hybridized carbons (Fsp3) is 0.375. The summed E-state index contributed by atoms with van der Waals surface area (Å²) < 4.78 is 5.51. The Hall–Kier alpha value is -2.10. The highest BCUT2D eigenvalue weighted by Crippen LogP contribution is 2.31. The van der Waals surface area contributed by atoms with Gasteiger partial charge in [0, 0.05) is 11.0 Å². The molecule has 0 spiro atoms. The summed E-state index contributed by atoms with van der Waals surface area (Å²) in [6, 6.07) is 5.94. The monoisotopic (exact) mass is 273 g/mol. The van der Waals surface area contributed by atoms with E-state index in [0.29, 0.717) is 11.6 Å². The Morgan fingerprint density at radius 2 is 1.90 bits per heavy atom. The van der Waals surface area contributed by atoms with Gasteiger partial charge in [-0.25, -0.2) is 9.78 Å². The van der Waals surface area contributed by atoms with Crippen LogP contribution in [0.2, 0.25) is 0 Å². The Labute approximate surface area is 118 Å². The van der Waals surface area contributed by atoms with E-state index in [1.165, 1.54) is 0 Å². The fourth-order valence-corrected chi connectivity index (χ4v) is 2.05. The predicted octanol–water partition coefficient (Wildman–Crippen LogP) is 3.95. The Bertz CT molecular complexity index is 663. The van der Waals surface area contributed by atoms with Gasteiger partial charge in [-0.1, -0.05) is 38.5 Å². The van der Waals surface area contributed by atoms with Crippen molar-refractivity contribution in [3.05, 3.63) is 40.8 Å². The first kappa shape index (κ1) is 14.3. The second-order valence-corrected chi connectivity index (χ2v) is 6.07. The molecule has 1 aromatic heterocycles. The fourth-order valence-electron chi connectivity index (χ4n) is 2.05. The van der Waals surface area contributed by atoms with Gasteiger partial charge in [-0.05, 0) is 25.5 Å². The molecule has 0 aliphatic carbocycles. The number of benzene rings is 1. The highest BCUT2D eigenvalue weighted by atomic mass is 16.4. The van der Waals surface area contributed by atoms with Crippen molar-refractivity contribution in [3.8, 4) is 11.5 Å². The number of oxazole rings is 1. The highest BCUT2D eigenvalue weighted by Gasteiger charge is 2.29. The van der Waals surface area contributed by atoms with Gasteiger partial charge in [0.15, 0.2) is 0 Å². The van der Waals surface area contributed by atoms with Gasteiger partial charge >= 0.3 is 5.97 Å². The van der Waals surface area contributed by atoms with Crippen molar-refractivity contribution in [1.29, 1.82) is 0 Å². The van der Waals surface area contributed by atoms with Crippen LogP contribution in [0.3, 0.4) is 0 Å². The zero-order chi connectivity index (χ0) is 15.1. The lowest BCUT2D eigenvalue weighted by atomic mass is 9.91. The maximum Gasteiger partial charge on any atom is 0.373 e. The number of hydrogen-bond donors (Lipinski definition) is 1. The summed E-state index contributed by atoms with van der Waals surface area (Å²) in [5.41, 5.74) is 3.02. The SMILES string of the molecule is Cc1ccc(C)c(-c2nc(C(C)(C)C)c(C(=O)O)o2)c1. The Morgan fingerprint density at radius 3 is 2.40 bits per heavy atom. The van der Waals surface area contributed by atoms with E-state index < -0.39 is 5.97 Å². The minimum Gasteiger partial charge on any atom is -0.475 e. The zero-order valence-corrected chi connectivity index (χ0v) is 12.4. The molecule has 4 nitrogen and oxygen atoms in total. The van der Waals surface area contributed by atoms with E-state index in [1.54, 1.807) is 0 Å². The third-order valence-electron chi connectivity index (χ3n) is 3.16. The first-order valence-electron chi connectivity index (χ1n) is 6.52. The lowest BCUT2D eigenvalue weighted by molar-refractivity contribution is 0.0659. The zero-order valence-electron chi connectivity index (χ0n) is 12.4. The molecule has 1 heterocycles. The molecule has 0 radical (unpaired) electrons. The van der Waals surface area contributed by atoms with Crippen LogP contribution in [0.15, 0.2) is 22.6 Å². The first-order chi connectivity index (χ1) is 9.20. The van der Waals surface area contributed by atoms with Crippen LogP contribution < -0.4 is 0 Å². The molecular weight excluding hydrogens is 254 g/mol. The minimum atomic E-state index is -1.08. The molecule has 4 heteroatoms. The van der Waals surface area contributed by atoms with Crippen LogP contribution in [0.5, 0.6) is 0 Å². The molecule has 20 heavy (non-hydrogen) atoms. The summed E-state index contributed by atoms with van der Waals surface area (Å²) >= 11 is 0. The van der Waals surface area contributed by atoms with Crippen molar-refractivity contribution < 1.29 is 14.3 Å². The van der Waals surface area contributed by atoms with Gasteiger partial charge < -0.3 is 9.52 Å². The molecule has 1 N–H and O–H groups in total. The van der Waals surface area contributed by atoms with Crippen LogP contribution in [0.4, 0.5) is 0 Å². The van der Waals surface area contributed by atoms with Crippen LogP contribution in [-0.4, -0.2) is 16.1 Å². The standard InChI is InChI=1S/C16H19NO3/c1-9-6-7-10(2)11(8-9)14-17-13(16(3,4)5)12(20-14)15(18)19/h6-8H,1-5H3,(H,18,19). The summed E-state index contributed by atoms with van der Waals surface area (Å²) in [5.74, 6) is -0.791. The second-order valence-electron chi connectivity index (χ2n) is 6.07. The molecule has 2 aromatic rings. The van der Waals surface area contributed by atoms with Crippen LogP contribution in [0.25, 0.3) is 11.5 Å². The van der Waals surface area contributed by atoms with Crippen molar-refractivity contribution in [2.75, 3.05) is 0 Å². The molecule has 0 unspecified atom stereocenters. The maximum atomic E-state index is 11.3. The lowest BCUT2D eigenvalue weighted by Crippen LogP contribution is -2.16. The summed E-state index contributed by atoms with van der Waals surface area (Å²) in [5, 5.41) is 9.28. The van der Waals surface area contributed by atoms with Crippen molar-refractivity contribution in [2.45, 2.75) is 40.0 Å². The molecule has 106 valence electrons. The Morgan fingerprint density at radius 1 is 1.25 bits per heavy atom. The van der Waals surface area contributed by atoms with Gasteiger partial charge in [0.25, 0.3) is 0 Å². The van der Waals surface area contributed by atoms with Crippen LogP contribution in [-0.2, 0) is 5.41 Å². The maximum absolute atomic E-state index is 11.3. The van der Waals surface area contributed by atoms with Gasteiger partial charge in [-0.3, -0.25) is 0 Å². The van der Waals surface area contributed by atoms with E-state index in [9.17, 15) is 9.90 Å². The predicted molar refractivity (Wildman–Crippen MR) is 77.1 cm³/mol. The molecule has 0 saturated carbocycles. The molecular formula is C16H19NO3. The first-order valence-corrected chi connectivity index (χ1v) is 6.52. The molecule has 1 aromatic carbocycles. The summed E-state index contributed by atoms with van der Waals surface area (Å²) in [7, 11) is 0. The number of carbonyl (C=O) groups is 1. The lowest BCUT2D eigenvalue weighted by Gasteiger charge is -2.14. The topological polar surface area (TPSA) is 63.3 Å². The molecule has 0 fully saturated rings. The second kappa shape index (κ2) is 4.78. The van der Waals surface area contributed by atoms with E-state index in [0.717, 1.165) is 16.7 Å². The Kier molecular flexibility index (Phi) is 3.42.